The Kier molecular flexibility index (Phi) is 2.50. The van der Waals surface area contributed by atoms with Crippen LogP contribution in [0.5, 0.6) is 0 Å². The van der Waals surface area contributed by atoms with Gasteiger partial charge >= 0.3 is 0 Å². The molecule has 5 atom stereocenters. The fourth-order valence-electron chi connectivity index (χ4n) is 7.17. The minimum atomic E-state index is 0.574. The van der Waals surface area contributed by atoms with Crippen LogP contribution in [0.25, 0.3) is 0 Å². The van der Waals surface area contributed by atoms with Crippen molar-refractivity contribution in [2.45, 2.75) is 79.6 Å². The van der Waals surface area contributed by atoms with E-state index < -0.39 is 0 Å². The first-order valence-electron chi connectivity index (χ1n) is 9.00. The fraction of sp³-hybridized carbons (Fsp3) is 0.900. The fourth-order valence-corrected chi connectivity index (χ4v) is 7.17. The van der Waals surface area contributed by atoms with Crippen molar-refractivity contribution < 1.29 is 0 Å². The van der Waals surface area contributed by atoms with Crippen LogP contribution >= 0.6 is 0 Å². The molecule has 0 aromatic rings. The third kappa shape index (κ3) is 1.44. The van der Waals surface area contributed by atoms with E-state index in [2.05, 4.69) is 34.6 Å². The first-order chi connectivity index (χ1) is 9.28. The summed E-state index contributed by atoms with van der Waals surface area (Å²) in [6.07, 6.45) is 10.2. The van der Waals surface area contributed by atoms with E-state index in [9.17, 15) is 0 Å². The van der Waals surface area contributed by atoms with Crippen molar-refractivity contribution in [3.63, 3.8) is 0 Å². The van der Waals surface area contributed by atoms with Gasteiger partial charge in [0.05, 0.1) is 0 Å². The Bertz CT molecular complexity index is 482. The van der Waals surface area contributed by atoms with Crippen molar-refractivity contribution in [3.8, 4) is 0 Å². The predicted molar refractivity (Wildman–Crippen MR) is 85.5 cm³/mol. The van der Waals surface area contributed by atoms with Gasteiger partial charge in [-0.1, -0.05) is 45.8 Å². The van der Waals surface area contributed by atoms with Gasteiger partial charge in [0.15, 0.2) is 0 Å². The van der Waals surface area contributed by atoms with E-state index in [1.54, 1.807) is 0 Å². The van der Waals surface area contributed by atoms with E-state index in [0.29, 0.717) is 16.2 Å². The number of rotatable bonds is 0. The van der Waals surface area contributed by atoms with Crippen molar-refractivity contribution in [2.75, 3.05) is 0 Å². The molecule has 3 fully saturated rings. The van der Waals surface area contributed by atoms with E-state index in [-0.39, 0.29) is 0 Å². The molecule has 0 heteroatoms. The van der Waals surface area contributed by atoms with Crippen LogP contribution in [-0.2, 0) is 0 Å². The highest BCUT2D eigenvalue weighted by Crippen LogP contribution is 2.70. The maximum atomic E-state index is 2.62. The van der Waals surface area contributed by atoms with Crippen LogP contribution in [0.4, 0.5) is 0 Å². The second-order valence-corrected chi connectivity index (χ2v) is 9.80. The molecule has 0 heterocycles. The highest BCUT2D eigenvalue weighted by molar-refractivity contribution is 5.37. The van der Waals surface area contributed by atoms with Gasteiger partial charge in [-0.05, 0) is 78.9 Å². The van der Waals surface area contributed by atoms with E-state index in [4.69, 9.17) is 0 Å². The minimum absolute atomic E-state index is 0.574. The Morgan fingerprint density at radius 3 is 2.45 bits per heavy atom. The molecule has 0 amide bonds. The van der Waals surface area contributed by atoms with Crippen LogP contribution in [0.2, 0.25) is 0 Å². The summed E-state index contributed by atoms with van der Waals surface area (Å²) < 4.78 is 0. The monoisotopic (exact) mass is 272 g/mol. The van der Waals surface area contributed by atoms with Gasteiger partial charge < -0.3 is 0 Å². The molecule has 0 radical (unpaired) electrons. The summed E-state index contributed by atoms with van der Waals surface area (Å²) in [5.41, 5.74) is 5.69. The molecule has 4 aliphatic rings. The van der Waals surface area contributed by atoms with Crippen LogP contribution < -0.4 is 0 Å². The molecule has 4 rings (SSSR count). The van der Waals surface area contributed by atoms with Crippen molar-refractivity contribution in [1.29, 1.82) is 0 Å². The second kappa shape index (κ2) is 3.73. The summed E-state index contributed by atoms with van der Waals surface area (Å²) in [5.74, 6) is 2.84. The first kappa shape index (κ1) is 13.4. The van der Waals surface area contributed by atoms with Gasteiger partial charge in [0, 0.05) is 0 Å². The van der Waals surface area contributed by atoms with Crippen molar-refractivity contribution >= 4 is 0 Å². The lowest BCUT2D eigenvalue weighted by Gasteiger charge is -2.42. The predicted octanol–water partition coefficient (Wildman–Crippen LogP) is 5.98. The van der Waals surface area contributed by atoms with Gasteiger partial charge in [-0.3, -0.25) is 0 Å². The van der Waals surface area contributed by atoms with Crippen molar-refractivity contribution in [3.05, 3.63) is 11.1 Å². The average molecular weight is 272 g/mol. The highest BCUT2D eigenvalue weighted by atomic mass is 14.7. The first-order valence-corrected chi connectivity index (χ1v) is 9.00. The topological polar surface area (TPSA) is 0 Å². The normalized spacial score (nSPS) is 53.0. The van der Waals surface area contributed by atoms with Crippen LogP contribution in [0.15, 0.2) is 11.1 Å². The summed E-state index contributed by atoms with van der Waals surface area (Å²) in [6, 6.07) is 0. The molecule has 0 aromatic heterocycles. The zero-order chi connectivity index (χ0) is 14.3. The van der Waals surface area contributed by atoms with Crippen LogP contribution in [0.3, 0.4) is 0 Å². The maximum Gasteiger partial charge on any atom is -0.00877 e. The largest absolute Gasteiger partial charge is 0.0665 e. The molecule has 0 spiro atoms. The molecular weight excluding hydrogens is 240 g/mol. The Hall–Kier alpha value is -0.260. The number of hydrogen-bond donors (Lipinski definition) is 0. The lowest BCUT2D eigenvalue weighted by molar-refractivity contribution is 0.115. The molecule has 4 aliphatic carbocycles. The van der Waals surface area contributed by atoms with Crippen molar-refractivity contribution in [1.82, 2.24) is 0 Å². The van der Waals surface area contributed by atoms with Crippen LogP contribution in [0.1, 0.15) is 79.6 Å². The van der Waals surface area contributed by atoms with Gasteiger partial charge in [0.2, 0.25) is 0 Å². The average Bonchev–Trinajstić information content (AvgIpc) is 2.91. The third-order valence-electron chi connectivity index (χ3n) is 8.34. The smallest absolute Gasteiger partial charge is 0.00877 e. The Morgan fingerprint density at radius 1 is 0.950 bits per heavy atom. The zero-order valence-electron chi connectivity index (χ0n) is 14.2. The van der Waals surface area contributed by atoms with Crippen molar-refractivity contribution in [2.24, 2.45) is 34.0 Å². The number of fused-ring (bicyclic) bond motifs is 4. The molecule has 0 bridgehead atoms. The number of hydrogen-bond acceptors (Lipinski definition) is 0. The van der Waals surface area contributed by atoms with Crippen LogP contribution in [0, 0.1) is 34.0 Å². The second-order valence-electron chi connectivity index (χ2n) is 9.80. The standard InChI is InChI=1S/C20H32/c1-13-6-7-16-15-12-19(4)11-10-18(2,3)17(19)14(15)8-9-20(13,16)5/h13-14,17H,6-12H2,1-5H3/t13-,14-,17-,19-,20+/m1/s1. The number of allylic oxidation sites excluding steroid dienone is 2. The molecule has 0 unspecified atom stereocenters. The van der Waals surface area contributed by atoms with Crippen LogP contribution in [-0.4, -0.2) is 0 Å². The summed E-state index contributed by atoms with van der Waals surface area (Å²) in [4.78, 5) is 0. The van der Waals surface area contributed by atoms with Gasteiger partial charge in [0.25, 0.3) is 0 Å². The molecule has 0 N–H and O–H groups in total. The Labute approximate surface area is 125 Å². The summed E-state index contributed by atoms with van der Waals surface area (Å²) in [6.45, 7) is 12.8. The molecule has 0 saturated heterocycles. The lowest BCUT2D eigenvalue weighted by Crippen LogP contribution is -2.34. The van der Waals surface area contributed by atoms with Gasteiger partial charge in [-0.15, -0.1) is 0 Å². The highest BCUT2D eigenvalue weighted by Gasteiger charge is 2.61. The Morgan fingerprint density at radius 2 is 1.70 bits per heavy atom. The lowest BCUT2D eigenvalue weighted by atomic mass is 9.62. The molecule has 112 valence electrons. The summed E-state index contributed by atoms with van der Waals surface area (Å²) >= 11 is 0. The zero-order valence-corrected chi connectivity index (χ0v) is 14.2. The Balaban J connectivity index is 1.82. The van der Waals surface area contributed by atoms with E-state index >= 15 is 0 Å². The van der Waals surface area contributed by atoms with Gasteiger partial charge in [0.1, 0.15) is 0 Å². The van der Waals surface area contributed by atoms with E-state index in [0.717, 1.165) is 17.8 Å². The maximum absolute atomic E-state index is 2.62. The molecule has 3 saturated carbocycles. The van der Waals surface area contributed by atoms with E-state index in [1.807, 2.05) is 11.1 Å². The molecule has 20 heavy (non-hydrogen) atoms. The SMILES string of the molecule is C[C@@H]1CCC2=C3C[C@@]4(C)CCC(C)(C)[C@H]4[C@@H]3CC[C@]21C. The van der Waals surface area contributed by atoms with Gasteiger partial charge in [-0.25, -0.2) is 0 Å². The van der Waals surface area contributed by atoms with Gasteiger partial charge in [-0.2, -0.15) is 0 Å². The van der Waals surface area contributed by atoms with E-state index in [1.165, 1.54) is 44.9 Å². The third-order valence-corrected chi connectivity index (χ3v) is 8.34. The minimum Gasteiger partial charge on any atom is -0.0665 e. The summed E-state index contributed by atoms with van der Waals surface area (Å²) in [5, 5.41) is 0. The quantitative estimate of drug-likeness (QED) is 0.476. The molecular formula is C20H32. The molecule has 0 nitrogen and oxygen atoms in total. The molecule has 0 aromatic carbocycles. The molecule has 0 aliphatic heterocycles. The summed E-state index contributed by atoms with van der Waals surface area (Å²) in [7, 11) is 0.